The lowest BCUT2D eigenvalue weighted by atomic mass is 9.81. The maximum atomic E-state index is 2.63. The van der Waals surface area contributed by atoms with Gasteiger partial charge < -0.3 is 4.90 Å². The van der Waals surface area contributed by atoms with Crippen LogP contribution in [0.25, 0.3) is 0 Å². The summed E-state index contributed by atoms with van der Waals surface area (Å²) in [4.78, 5) is 2.63. The number of benzene rings is 2. The van der Waals surface area contributed by atoms with E-state index in [4.69, 9.17) is 0 Å². The third kappa shape index (κ3) is 1.76. The maximum Gasteiger partial charge on any atom is 0.0407 e. The third-order valence-corrected chi connectivity index (χ3v) is 4.71. The zero-order valence-electron chi connectivity index (χ0n) is 11.1. The second-order valence-corrected chi connectivity index (χ2v) is 5.75. The largest absolute Gasteiger partial charge is 0.368 e. The molecule has 2 heterocycles. The molecule has 0 N–H and O–H groups in total. The highest BCUT2D eigenvalue weighted by Gasteiger charge is 2.35. The average molecular weight is 249 g/mol. The summed E-state index contributed by atoms with van der Waals surface area (Å²) in [5, 5.41) is 0. The standard InChI is InChI=1S/C18H19N/c1-2-7-14(8-3-1)17-13-15-9-6-12-19(15)18-11-5-4-10-16(17)18/h1-5,7-8,10-11,15,17H,6,9,12-13H2/t15-,17-/m1/s1. The molecule has 2 aromatic carbocycles. The number of hydrogen-bond donors (Lipinski definition) is 0. The Morgan fingerprint density at radius 3 is 2.58 bits per heavy atom. The van der Waals surface area contributed by atoms with E-state index in [0.717, 1.165) is 6.04 Å². The molecule has 96 valence electrons. The molecule has 0 aromatic heterocycles. The topological polar surface area (TPSA) is 3.24 Å². The van der Waals surface area contributed by atoms with Gasteiger partial charge in [0.2, 0.25) is 0 Å². The predicted molar refractivity (Wildman–Crippen MR) is 79.7 cm³/mol. The average Bonchev–Trinajstić information content (AvgIpc) is 2.96. The van der Waals surface area contributed by atoms with Crippen LogP contribution in [-0.2, 0) is 0 Å². The molecule has 0 amide bonds. The molecule has 0 spiro atoms. The summed E-state index contributed by atoms with van der Waals surface area (Å²) in [5.74, 6) is 0.580. The summed E-state index contributed by atoms with van der Waals surface area (Å²) in [6.07, 6.45) is 3.99. The van der Waals surface area contributed by atoms with Gasteiger partial charge in [0.15, 0.2) is 0 Å². The van der Waals surface area contributed by atoms with Crippen molar-refractivity contribution in [1.29, 1.82) is 0 Å². The molecule has 2 aliphatic rings. The fourth-order valence-corrected chi connectivity index (χ4v) is 3.84. The van der Waals surface area contributed by atoms with Crippen LogP contribution in [0, 0.1) is 0 Å². The van der Waals surface area contributed by atoms with Gasteiger partial charge in [-0.15, -0.1) is 0 Å². The summed E-state index contributed by atoms with van der Waals surface area (Å²) in [6, 6.07) is 20.8. The van der Waals surface area contributed by atoms with Crippen molar-refractivity contribution in [3.63, 3.8) is 0 Å². The summed E-state index contributed by atoms with van der Waals surface area (Å²) in [6.45, 7) is 1.24. The van der Waals surface area contributed by atoms with Gasteiger partial charge in [-0.25, -0.2) is 0 Å². The van der Waals surface area contributed by atoms with Gasteiger partial charge in [-0.2, -0.15) is 0 Å². The molecular weight excluding hydrogens is 230 g/mol. The van der Waals surface area contributed by atoms with Crippen molar-refractivity contribution in [3.8, 4) is 0 Å². The zero-order chi connectivity index (χ0) is 12.7. The summed E-state index contributed by atoms with van der Waals surface area (Å²) < 4.78 is 0. The molecule has 19 heavy (non-hydrogen) atoms. The Labute approximate surface area is 114 Å². The van der Waals surface area contributed by atoms with Gasteiger partial charge in [-0.05, 0) is 36.5 Å². The predicted octanol–water partition coefficient (Wildman–Crippen LogP) is 4.19. The van der Waals surface area contributed by atoms with Crippen LogP contribution in [0.4, 0.5) is 5.69 Å². The molecule has 4 rings (SSSR count). The monoisotopic (exact) mass is 249 g/mol. The van der Waals surface area contributed by atoms with Gasteiger partial charge in [-0.1, -0.05) is 48.5 Å². The van der Waals surface area contributed by atoms with Gasteiger partial charge in [0.05, 0.1) is 0 Å². The van der Waals surface area contributed by atoms with E-state index in [1.165, 1.54) is 42.6 Å². The fraction of sp³-hybridized carbons (Fsp3) is 0.333. The maximum absolute atomic E-state index is 2.63. The minimum atomic E-state index is 0.580. The molecule has 0 radical (unpaired) electrons. The lowest BCUT2D eigenvalue weighted by Crippen LogP contribution is -2.35. The molecule has 0 saturated carbocycles. The molecule has 0 unspecified atom stereocenters. The molecule has 1 saturated heterocycles. The minimum Gasteiger partial charge on any atom is -0.368 e. The zero-order valence-corrected chi connectivity index (χ0v) is 11.1. The van der Waals surface area contributed by atoms with Gasteiger partial charge in [0.25, 0.3) is 0 Å². The first-order valence-electron chi connectivity index (χ1n) is 7.34. The number of hydrogen-bond acceptors (Lipinski definition) is 1. The van der Waals surface area contributed by atoms with Gasteiger partial charge >= 0.3 is 0 Å². The molecule has 2 atom stereocenters. The van der Waals surface area contributed by atoms with E-state index in [9.17, 15) is 0 Å². The lowest BCUT2D eigenvalue weighted by Gasteiger charge is -2.38. The van der Waals surface area contributed by atoms with Crippen LogP contribution in [0.5, 0.6) is 0 Å². The molecule has 1 nitrogen and oxygen atoms in total. The van der Waals surface area contributed by atoms with Crippen molar-refractivity contribution in [2.24, 2.45) is 0 Å². The van der Waals surface area contributed by atoms with Crippen LogP contribution >= 0.6 is 0 Å². The molecule has 1 fully saturated rings. The molecule has 0 bridgehead atoms. The highest BCUT2D eigenvalue weighted by atomic mass is 15.2. The van der Waals surface area contributed by atoms with Gasteiger partial charge in [-0.3, -0.25) is 0 Å². The van der Waals surface area contributed by atoms with Crippen molar-refractivity contribution in [2.45, 2.75) is 31.2 Å². The molecule has 2 aromatic rings. The van der Waals surface area contributed by atoms with E-state index in [1.807, 2.05) is 0 Å². The van der Waals surface area contributed by atoms with Crippen molar-refractivity contribution in [1.82, 2.24) is 0 Å². The van der Waals surface area contributed by atoms with E-state index >= 15 is 0 Å². The number of fused-ring (bicyclic) bond motifs is 3. The Morgan fingerprint density at radius 2 is 1.68 bits per heavy atom. The Morgan fingerprint density at radius 1 is 0.895 bits per heavy atom. The van der Waals surface area contributed by atoms with E-state index in [0.29, 0.717) is 5.92 Å². The van der Waals surface area contributed by atoms with Crippen molar-refractivity contribution in [2.75, 3.05) is 11.4 Å². The second-order valence-electron chi connectivity index (χ2n) is 5.75. The number of rotatable bonds is 1. The quantitative estimate of drug-likeness (QED) is 0.732. The lowest BCUT2D eigenvalue weighted by molar-refractivity contribution is 0.541. The van der Waals surface area contributed by atoms with Crippen LogP contribution in [0.2, 0.25) is 0 Å². The van der Waals surface area contributed by atoms with Crippen LogP contribution < -0.4 is 4.90 Å². The van der Waals surface area contributed by atoms with Crippen LogP contribution in [-0.4, -0.2) is 12.6 Å². The van der Waals surface area contributed by atoms with E-state index in [-0.39, 0.29) is 0 Å². The third-order valence-electron chi connectivity index (χ3n) is 4.71. The van der Waals surface area contributed by atoms with Crippen LogP contribution in [0.3, 0.4) is 0 Å². The first-order chi connectivity index (χ1) is 9.43. The SMILES string of the molecule is c1ccc([C@H]2C[C@H]3CCCN3c3ccccc32)cc1. The van der Waals surface area contributed by atoms with Crippen LogP contribution in [0.15, 0.2) is 54.6 Å². The molecule has 1 heteroatoms. The molecule has 0 aliphatic carbocycles. The van der Waals surface area contributed by atoms with E-state index in [1.54, 1.807) is 0 Å². The normalized spacial score (nSPS) is 24.9. The smallest absolute Gasteiger partial charge is 0.0407 e. The van der Waals surface area contributed by atoms with Crippen molar-refractivity contribution in [3.05, 3.63) is 65.7 Å². The first kappa shape index (κ1) is 11.1. The number of para-hydroxylation sites is 1. The Balaban J connectivity index is 1.83. The first-order valence-corrected chi connectivity index (χ1v) is 7.34. The Hall–Kier alpha value is -1.76. The second kappa shape index (κ2) is 4.41. The highest BCUT2D eigenvalue weighted by molar-refractivity contribution is 5.61. The Bertz CT molecular complexity index is 575. The fourth-order valence-electron chi connectivity index (χ4n) is 3.84. The van der Waals surface area contributed by atoms with E-state index in [2.05, 4.69) is 59.5 Å². The summed E-state index contributed by atoms with van der Waals surface area (Å²) in [7, 11) is 0. The minimum absolute atomic E-state index is 0.580. The molecule has 2 aliphatic heterocycles. The van der Waals surface area contributed by atoms with Crippen molar-refractivity contribution >= 4 is 5.69 Å². The van der Waals surface area contributed by atoms with E-state index < -0.39 is 0 Å². The van der Waals surface area contributed by atoms with Crippen LogP contribution in [0.1, 0.15) is 36.3 Å². The molecular formula is C18H19N. The van der Waals surface area contributed by atoms with Crippen molar-refractivity contribution < 1.29 is 0 Å². The number of anilines is 1. The highest BCUT2D eigenvalue weighted by Crippen LogP contribution is 2.44. The van der Waals surface area contributed by atoms with Gasteiger partial charge in [0, 0.05) is 24.2 Å². The van der Waals surface area contributed by atoms with Gasteiger partial charge in [0.1, 0.15) is 0 Å². The Kier molecular flexibility index (Phi) is 2.58. The number of nitrogens with zero attached hydrogens (tertiary/aromatic N) is 1. The summed E-state index contributed by atoms with van der Waals surface area (Å²) in [5.41, 5.74) is 4.47. The summed E-state index contributed by atoms with van der Waals surface area (Å²) >= 11 is 0.